The molecule has 4 heterocycles. The fourth-order valence-electron chi connectivity index (χ4n) is 35.6. The number of halogens is 6. The van der Waals surface area contributed by atoms with Gasteiger partial charge in [0, 0.05) is 41.9 Å². The molecule has 4 aromatic heterocycles. The number of nitrogens with zero attached hydrogens (tertiary/aromatic N) is 12. The second kappa shape index (κ2) is 35.7. The van der Waals surface area contributed by atoms with Crippen LogP contribution in [0.2, 0.25) is 0 Å². The van der Waals surface area contributed by atoms with E-state index >= 15 is 0 Å². The Morgan fingerprint density at radius 3 is 1.05 bits per heavy atom. The van der Waals surface area contributed by atoms with Gasteiger partial charge in [0.2, 0.25) is 0 Å². The normalized spacial score (nSPS) is 42.1. The van der Waals surface area contributed by atoms with E-state index in [-0.39, 0.29) is 99.8 Å². The van der Waals surface area contributed by atoms with Crippen LogP contribution in [0.15, 0.2) is 78.9 Å². The lowest BCUT2D eigenvalue weighted by Crippen LogP contribution is -2.52. The third-order valence-corrected chi connectivity index (χ3v) is 41.8. The van der Waals surface area contributed by atoms with Gasteiger partial charge in [-0.1, -0.05) is 55.5 Å². The third kappa shape index (κ3) is 16.6. The summed E-state index contributed by atoms with van der Waals surface area (Å²) < 4.78 is 86.1. The Balaban J connectivity index is 0.000000107. The molecule has 4 N–H and O–H groups in total. The molecule has 0 unspecified atom stereocenters. The maximum atomic E-state index is 13.8. The second-order valence-corrected chi connectivity index (χ2v) is 48.2. The number of fused-ring (bicyclic) bond motifs is 24. The van der Waals surface area contributed by atoms with Gasteiger partial charge in [-0.25, -0.2) is 40.4 Å². The Morgan fingerprint density at radius 1 is 0.313 bits per heavy atom. The van der Waals surface area contributed by atoms with Crippen LogP contribution in [0.4, 0.5) is 26.3 Å². The van der Waals surface area contributed by atoms with Crippen molar-refractivity contribution in [2.75, 3.05) is 20.0 Å². The smallest absolute Gasteiger partial charge is 0.159 e. The summed E-state index contributed by atoms with van der Waals surface area (Å²) in [5.41, 5.74) is 1.67. The molecule has 0 spiro atoms. The summed E-state index contributed by atoms with van der Waals surface area (Å²) in [5.74, 6) is 12.6. The number of ketones is 4. The van der Waals surface area contributed by atoms with E-state index in [9.17, 15) is 65.9 Å². The van der Waals surface area contributed by atoms with Gasteiger partial charge >= 0.3 is 0 Å². The number of alkyl halides is 3. The highest BCUT2D eigenvalue weighted by Gasteiger charge is 2.65. The van der Waals surface area contributed by atoms with Gasteiger partial charge in [0.25, 0.3) is 0 Å². The molecule has 4 aromatic carbocycles. The van der Waals surface area contributed by atoms with Crippen molar-refractivity contribution in [2.24, 2.45) is 164 Å². The Labute approximate surface area is 783 Å². The number of carbonyl (C=O) groups excluding carboxylic acids is 4. The molecule has 16 aliphatic carbocycles. The molecule has 724 valence electrons. The van der Waals surface area contributed by atoms with E-state index in [1.165, 1.54) is 79.7 Å². The highest BCUT2D eigenvalue weighted by Crippen LogP contribution is 2.70. The fraction of sp³-hybridized carbons (Fsp3) is 0.741. The summed E-state index contributed by atoms with van der Waals surface area (Å²) in [7, 11) is 0. The van der Waals surface area contributed by atoms with Gasteiger partial charge in [0.1, 0.15) is 91.2 Å². The van der Waals surface area contributed by atoms with Gasteiger partial charge in [-0.15, -0.1) is 15.3 Å². The molecule has 0 aliphatic heterocycles. The molecule has 20 nitrogen and oxygen atoms in total. The zero-order chi connectivity index (χ0) is 93.1. The minimum atomic E-state index is -1.10. The molecule has 0 bridgehead atoms. The maximum Gasteiger partial charge on any atom is 0.159 e. The molecule has 32 atom stereocenters. The first-order chi connectivity index (χ1) is 64.3. The van der Waals surface area contributed by atoms with Crippen LogP contribution >= 0.6 is 0 Å². The molecule has 8 aromatic rings. The molecule has 16 fully saturated rings. The summed E-state index contributed by atoms with van der Waals surface area (Å²) in [6, 6.07) is 21.0. The van der Waals surface area contributed by atoms with Crippen molar-refractivity contribution in [3.05, 3.63) is 96.3 Å². The molecule has 0 amide bonds. The Bertz CT molecular complexity index is 5690. The van der Waals surface area contributed by atoms with Crippen LogP contribution in [0.1, 0.15) is 266 Å². The lowest BCUT2D eigenvalue weighted by molar-refractivity contribution is -0.134. The molecule has 16 aliphatic rings. The predicted octanol–water partition coefficient (Wildman–Crippen LogP) is 20.3. The average molecular weight is 1850 g/mol. The minimum absolute atomic E-state index is 0.00106. The average Bonchev–Trinajstić information content (AvgIpc) is 1.54. The van der Waals surface area contributed by atoms with Crippen molar-refractivity contribution in [3.8, 4) is 0 Å². The first-order valence-electron chi connectivity index (χ1n) is 52.2. The molecule has 0 saturated heterocycles. The van der Waals surface area contributed by atoms with Gasteiger partial charge in [-0.05, 0) is 427 Å². The monoisotopic (exact) mass is 1850 g/mol. The number of hydrogen-bond donors (Lipinski definition) is 4. The molecule has 134 heavy (non-hydrogen) atoms. The minimum Gasteiger partial charge on any atom is -0.390 e. The molecular formula is C108H142F6N12O8. The number of aromatic nitrogens is 12. The summed E-state index contributed by atoms with van der Waals surface area (Å²) in [6.45, 7) is 10.4. The van der Waals surface area contributed by atoms with Crippen molar-refractivity contribution in [1.29, 1.82) is 0 Å². The molecule has 0 radical (unpaired) electrons. The molecular weight excluding hydrogens is 1710 g/mol. The standard InChI is InChI=1S/3C27H35F2N3O2.C27H37N3O2/c1-26-10-8-19-18-9-11-27(34,15-28)13-16(18)2-4-20(19)21(26)5-6-22(26)25(33)14-32-24-7-3-17(29)12-23(24)30-31-32;1-26-10-8-19-18-9-11-27(34,15-28)13-16(18)2-4-20(19)21(26)5-6-22(26)25(33)14-32-24-12-17(29)3-7-23(24)30-31-32;1-26-10-8-19-18-9-11-27(34,15-28)13-16(18)2-4-20(19)21(26)5-6-22(26)25(33)14-32-30-23-7-3-17(29)12-24(23)31-32;1-26(32)13-11-18-17(15-26)7-8-20-19(18)12-14-27(2)21(20)9-10-22(27)25(31)16-30-24-6-4-3-5-23(24)28-29-30/h3*3,7,12,16,18-22,34H,2,4-6,8-11,13-15H2,1H3;3-6,17-22,32H,7-16H2,1-2H3/t3*16-,18+,19-,20-,21+,22-,26+,27-;17-,18+,19-,20-,21+,22-,26-,27+/m1111/s1. The zero-order valence-corrected chi connectivity index (χ0v) is 79.3. The summed E-state index contributed by atoms with van der Waals surface area (Å²) in [4.78, 5) is 55.6. The number of Topliss-reactive ketones (excluding diaryl/α,β-unsaturated/α-hetero) is 4. The number of benzene rings is 4. The summed E-state index contributed by atoms with van der Waals surface area (Å²) in [5, 5.41) is 75.9. The quantitative estimate of drug-likeness (QED) is 0.0695. The van der Waals surface area contributed by atoms with Crippen LogP contribution in [0.5, 0.6) is 0 Å². The highest BCUT2D eigenvalue weighted by molar-refractivity contribution is 5.87. The first kappa shape index (κ1) is 92.9. The Morgan fingerprint density at radius 2 is 0.634 bits per heavy atom. The Hall–Kier alpha value is -7.42. The molecule has 16 saturated carbocycles. The fourth-order valence-corrected chi connectivity index (χ4v) is 35.6. The summed E-state index contributed by atoms with van der Waals surface area (Å²) in [6.07, 6.45) is 36.2. The lowest BCUT2D eigenvalue weighted by Gasteiger charge is -2.56. The zero-order valence-electron chi connectivity index (χ0n) is 79.3. The topological polar surface area (TPSA) is 272 Å². The van der Waals surface area contributed by atoms with Crippen LogP contribution in [0.25, 0.3) is 44.1 Å². The Kier molecular flexibility index (Phi) is 24.8. The number of carbonyl (C=O) groups is 4. The van der Waals surface area contributed by atoms with E-state index in [1.807, 2.05) is 31.2 Å². The first-order valence-corrected chi connectivity index (χ1v) is 52.2. The SMILES string of the molecule is C[C@@]1(O)CC[C@H]2[C@H](CC[C@@H]3[C@@H]2CC[C@]2(C)[C@@H](C(=O)Cn4nnc5ccccc54)CC[C@@H]32)C1.C[C@]12CC[C@H]3[C@@H](CC[C@@H]4C[C@@](O)(CF)CC[C@@H]43)[C@@H]1CC[C@@H]2C(=O)Cn1nc2ccc(F)cc2n1.C[C@]12CC[C@H]3[C@@H](CC[C@@H]4C[C@@](O)(CF)CC[C@@H]43)[C@@H]1CC[C@@H]2C(=O)Cn1nnc2cc(F)ccc21.C[C@]12CC[C@H]3[C@@H](CC[C@@H]4C[C@@](O)(CF)CC[C@@H]43)[C@@H]1CC[C@@H]2C(=O)Cn1nnc2ccc(F)cc21. The van der Waals surface area contributed by atoms with Crippen molar-refractivity contribution in [3.63, 3.8) is 0 Å². The van der Waals surface area contributed by atoms with Crippen molar-refractivity contribution in [2.45, 2.75) is 314 Å². The van der Waals surface area contributed by atoms with E-state index in [4.69, 9.17) is 0 Å². The van der Waals surface area contributed by atoms with E-state index < -0.39 is 42.4 Å². The van der Waals surface area contributed by atoms with Gasteiger partial charge < -0.3 is 20.4 Å². The van der Waals surface area contributed by atoms with Crippen LogP contribution < -0.4 is 0 Å². The largest absolute Gasteiger partial charge is 0.390 e. The number of aliphatic hydroxyl groups is 4. The van der Waals surface area contributed by atoms with Crippen LogP contribution in [-0.4, -0.2) is 146 Å². The van der Waals surface area contributed by atoms with E-state index in [0.29, 0.717) is 185 Å². The van der Waals surface area contributed by atoms with E-state index in [2.05, 4.69) is 68.8 Å². The van der Waals surface area contributed by atoms with E-state index in [0.717, 1.165) is 183 Å². The maximum absolute atomic E-state index is 13.8. The molecule has 26 heteroatoms. The van der Waals surface area contributed by atoms with Gasteiger partial charge in [-0.3, -0.25) is 19.2 Å². The second-order valence-electron chi connectivity index (χ2n) is 48.2. The number of hydrogen-bond acceptors (Lipinski definition) is 16. The van der Waals surface area contributed by atoms with Crippen molar-refractivity contribution in [1.82, 2.24) is 60.0 Å². The van der Waals surface area contributed by atoms with Gasteiger partial charge in [0.15, 0.2) is 23.1 Å². The predicted molar refractivity (Wildman–Crippen MR) is 496 cm³/mol. The van der Waals surface area contributed by atoms with Crippen molar-refractivity contribution < 1.29 is 65.9 Å². The van der Waals surface area contributed by atoms with Crippen LogP contribution in [0, 0.1) is 181 Å². The van der Waals surface area contributed by atoms with Gasteiger partial charge in [-0.2, -0.15) is 15.0 Å². The highest BCUT2D eigenvalue weighted by atomic mass is 19.1. The lowest BCUT2D eigenvalue weighted by atomic mass is 9.49. The van der Waals surface area contributed by atoms with Gasteiger partial charge in [0.05, 0.1) is 39.0 Å². The van der Waals surface area contributed by atoms with Crippen LogP contribution in [0.3, 0.4) is 0 Å². The number of para-hydroxylation sites is 1. The van der Waals surface area contributed by atoms with Crippen molar-refractivity contribution >= 4 is 67.3 Å². The molecule has 24 rings (SSSR count). The third-order valence-electron chi connectivity index (χ3n) is 41.8. The van der Waals surface area contributed by atoms with Crippen LogP contribution in [-0.2, 0) is 45.4 Å². The summed E-state index contributed by atoms with van der Waals surface area (Å²) >= 11 is 0. The van der Waals surface area contributed by atoms with E-state index in [1.54, 1.807) is 32.2 Å². The number of rotatable bonds is 15.